The van der Waals surface area contributed by atoms with E-state index < -0.39 is 0 Å². The van der Waals surface area contributed by atoms with Crippen molar-refractivity contribution < 1.29 is 14.2 Å². The minimum atomic E-state index is 0.599. The molecule has 0 aliphatic rings. The van der Waals surface area contributed by atoms with E-state index >= 15 is 0 Å². The summed E-state index contributed by atoms with van der Waals surface area (Å²) in [6, 6.07) is 14.0. The summed E-state index contributed by atoms with van der Waals surface area (Å²) >= 11 is 0. The predicted molar refractivity (Wildman–Crippen MR) is 90.6 cm³/mol. The third kappa shape index (κ3) is 3.92. The predicted octanol–water partition coefficient (Wildman–Crippen LogP) is 4.44. The van der Waals surface area contributed by atoms with Gasteiger partial charge < -0.3 is 14.2 Å². The number of allylic oxidation sites excluding steroid dienone is 2. The standard InChI is InChI=1S/C19H20O3/c1-20-17-13-16(14-18(21-2)19(17)22-3)12-8-7-11-15-9-5-4-6-10-15/h4-14H,1-3H3/b11-7+,12-8-. The van der Waals surface area contributed by atoms with E-state index in [9.17, 15) is 0 Å². The van der Waals surface area contributed by atoms with Crippen LogP contribution < -0.4 is 14.2 Å². The second-order valence-corrected chi connectivity index (χ2v) is 4.59. The first-order chi connectivity index (χ1) is 10.8. The molecule has 22 heavy (non-hydrogen) atoms. The van der Waals surface area contributed by atoms with Crippen molar-refractivity contribution in [1.29, 1.82) is 0 Å². The number of benzene rings is 2. The molecule has 0 saturated heterocycles. The minimum absolute atomic E-state index is 0.599. The van der Waals surface area contributed by atoms with Gasteiger partial charge >= 0.3 is 0 Å². The van der Waals surface area contributed by atoms with Crippen molar-refractivity contribution in [1.82, 2.24) is 0 Å². The average molecular weight is 296 g/mol. The van der Waals surface area contributed by atoms with Gasteiger partial charge in [0, 0.05) is 0 Å². The lowest BCUT2D eigenvalue weighted by Gasteiger charge is -2.12. The van der Waals surface area contributed by atoms with Crippen LogP contribution in [-0.4, -0.2) is 21.3 Å². The monoisotopic (exact) mass is 296 g/mol. The Balaban J connectivity index is 2.19. The molecule has 0 spiro atoms. The summed E-state index contributed by atoms with van der Waals surface area (Å²) in [4.78, 5) is 0. The van der Waals surface area contributed by atoms with Gasteiger partial charge in [0.15, 0.2) is 11.5 Å². The maximum absolute atomic E-state index is 5.34. The quantitative estimate of drug-likeness (QED) is 0.738. The Kier molecular flexibility index (Phi) is 5.66. The molecule has 2 aromatic carbocycles. The topological polar surface area (TPSA) is 27.7 Å². The molecule has 0 aliphatic carbocycles. The average Bonchev–Trinajstić information content (AvgIpc) is 2.58. The molecule has 0 amide bonds. The molecule has 2 rings (SSSR count). The maximum atomic E-state index is 5.34. The van der Waals surface area contributed by atoms with Crippen LogP contribution >= 0.6 is 0 Å². The van der Waals surface area contributed by atoms with E-state index in [0.29, 0.717) is 17.2 Å². The fraction of sp³-hybridized carbons (Fsp3) is 0.158. The molecular weight excluding hydrogens is 276 g/mol. The van der Waals surface area contributed by atoms with E-state index in [4.69, 9.17) is 14.2 Å². The van der Waals surface area contributed by atoms with Crippen LogP contribution in [0.15, 0.2) is 54.6 Å². The molecule has 0 bridgehead atoms. The molecule has 0 fully saturated rings. The Bertz CT molecular complexity index is 633. The molecule has 0 unspecified atom stereocenters. The Morgan fingerprint density at radius 2 is 1.23 bits per heavy atom. The van der Waals surface area contributed by atoms with Crippen molar-refractivity contribution in [2.75, 3.05) is 21.3 Å². The van der Waals surface area contributed by atoms with Crippen LogP contribution in [0.5, 0.6) is 17.2 Å². The van der Waals surface area contributed by atoms with E-state index in [1.54, 1.807) is 21.3 Å². The van der Waals surface area contributed by atoms with Crippen LogP contribution in [0.4, 0.5) is 0 Å². The van der Waals surface area contributed by atoms with Gasteiger partial charge in [0.2, 0.25) is 5.75 Å². The van der Waals surface area contributed by atoms with Crippen LogP contribution in [0.2, 0.25) is 0 Å². The van der Waals surface area contributed by atoms with Gasteiger partial charge in [-0.25, -0.2) is 0 Å². The number of methoxy groups -OCH3 is 3. The van der Waals surface area contributed by atoms with Crippen LogP contribution in [0.1, 0.15) is 11.1 Å². The first-order valence-corrected chi connectivity index (χ1v) is 6.98. The fourth-order valence-electron chi connectivity index (χ4n) is 2.10. The molecule has 2 aromatic rings. The Hall–Kier alpha value is -2.68. The van der Waals surface area contributed by atoms with Crippen molar-refractivity contribution in [3.05, 3.63) is 65.7 Å². The van der Waals surface area contributed by atoms with Gasteiger partial charge in [-0.3, -0.25) is 0 Å². The second kappa shape index (κ2) is 7.93. The largest absolute Gasteiger partial charge is 0.493 e. The lowest BCUT2D eigenvalue weighted by molar-refractivity contribution is 0.324. The first-order valence-electron chi connectivity index (χ1n) is 6.98. The van der Waals surface area contributed by atoms with Gasteiger partial charge in [0.25, 0.3) is 0 Å². The van der Waals surface area contributed by atoms with Crippen LogP contribution in [0.25, 0.3) is 12.2 Å². The van der Waals surface area contributed by atoms with E-state index in [0.717, 1.165) is 11.1 Å². The molecule has 0 atom stereocenters. The molecule has 114 valence electrons. The number of hydrogen-bond donors (Lipinski definition) is 0. The highest BCUT2D eigenvalue weighted by atomic mass is 16.5. The highest BCUT2D eigenvalue weighted by Gasteiger charge is 2.11. The van der Waals surface area contributed by atoms with Gasteiger partial charge in [-0.1, -0.05) is 54.6 Å². The minimum Gasteiger partial charge on any atom is -0.493 e. The smallest absolute Gasteiger partial charge is 0.203 e. The molecule has 0 radical (unpaired) electrons. The van der Waals surface area contributed by atoms with Gasteiger partial charge in [-0.15, -0.1) is 0 Å². The van der Waals surface area contributed by atoms with Gasteiger partial charge in [-0.05, 0) is 23.3 Å². The first kappa shape index (κ1) is 15.7. The molecule has 3 heteroatoms. The van der Waals surface area contributed by atoms with Crippen LogP contribution in [0, 0.1) is 0 Å². The lowest BCUT2D eigenvalue weighted by Crippen LogP contribution is -1.95. The third-order valence-corrected chi connectivity index (χ3v) is 3.18. The number of hydrogen-bond acceptors (Lipinski definition) is 3. The highest BCUT2D eigenvalue weighted by Crippen LogP contribution is 2.38. The zero-order valence-corrected chi connectivity index (χ0v) is 13.1. The number of rotatable bonds is 6. The van der Waals surface area contributed by atoms with Gasteiger partial charge in [0.05, 0.1) is 21.3 Å². The molecule has 0 heterocycles. The molecule has 0 aliphatic heterocycles. The summed E-state index contributed by atoms with van der Waals surface area (Å²) in [5.74, 6) is 1.89. The number of ether oxygens (including phenoxy) is 3. The van der Waals surface area contributed by atoms with Crippen molar-refractivity contribution in [3.8, 4) is 17.2 Å². The van der Waals surface area contributed by atoms with Crippen molar-refractivity contribution in [3.63, 3.8) is 0 Å². The third-order valence-electron chi connectivity index (χ3n) is 3.18. The lowest BCUT2D eigenvalue weighted by atomic mass is 10.1. The molecule has 3 nitrogen and oxygen atoms in total. The van der Waals surface area contributed by atoms with E-state index in [-0.39, 0.29) is 0 Å². The highest BCUT2D eigenvalue weighted by molar-refractivity contribution is 5.64. The second-order valence-electron chi connectivity index (χ2n) is 4.59. The Morgan fingerprint density at radius 1 is 0.682 bits per heavy atom. The normalized spacial score (nSPS) is 11.0. The fourth-order valence-corrected chi connectivity index (χ4v) is 2.10. The van der Waals surface area contributed by atoms with E-state index in [1.807, 2.05) is 48.6 Å². The van der Waals surface area contributed by atoms with Crippen molar-refractivity contribution in [2.24, 2.45) is 0 Å². The van der Waals surface area contributed by atoms with Gasteiger partial charge in [0.1, 0.15) is 0 Å². The summed E-state index contributed by atoms with van der Waals surface area (Å²) < 4.78 is 16.0. The van der Waals surface area contributed by atoms with Crippen LogP contribution in [-0.2, 0) is 0 Å². The molecule has 0 aromatic heterocycles. The van der Waals surface area contributed by atoms with Crippen LogP contribution in [0.3, 0.4) is 0 Å². The molecular formula is C19H20O3. The summed E-state index contributed by atoms with van der Waals surface area (Å²) in [7, 11) is 4.82. The zero-order valence-electron chi connectivity index (χ0n) is 13.1. The van der Waals surface area contributed by atoms with E-state index in [2.05, 4.69) is 18.2 Å². The Labute approximate surface area is 131 Å². The summed E-state index contributed by atoms with van der Waals surface area (Å²) in [5, 5.41) is 0. The van der Waals surface area contributed by atoms with Crippen molar-refractivity contribution >= 4 is 12.2 Å². The SMILES string of the molecule is COc1cc(/C=C\C=C\c2ccccc2)cc(OC)c1OC. The summed E-state index contributed by atoms with van der Waals surface area (Å²) in [5.41, 5.74) is 2.14. The molecule has 0 N–H and O–H groups in total. The molecule has 0 saturated carbocycles. The van der Waals surface area contributed by atoms with Gasteiger partial charge in [-0.2, -0.15) is 0 Å². The maximum Gasteiger partial charge on any atom is 0.203 e. The Morgan fingerprint density at radius 3 is 1.73 bits per heavy atom. The van der Waals surface area contributed by atoms with Crippen molar-refractivity contribution in [2.45, 2.75) is 0 Å². The zero-order chi connectivity index (χ0) is 15.8. The summed E-state index contributed by atoms with van der Waals surface area (Å²) in [6.07, 6.45) is 8.02. The van der Waals surface area contributed by atoms with E-state index in [1.165, 1.54) is 0 Å². The summed E-state index contributed by atoms with van der Waals surface area (Å²) in [6.45, 7) is 0.